The Morgan fingerprint density at radius 1 is 1.64 bits per heavy atom. The SMILES string of the molecule is Cc1ccc(C2CCC(C)(CI)O2)s1. The standard InChI is InChI=1S/C11H15IOS/c1-8-3-4-10(14-8)9-5-6-11(2,7-12)13-9/h3-4,9H,5-7H2,1-2H3. The van der Waals surface area contributed by atoms with Crippen molar-refractivity contribution >= 4 is 33.9 Å². The van der Waals surface area contributed by atoms with Crippen LogP contribution in [0.5, 0.6) is 0 Å². The Kier molecular flexibility index (Phi) is 3.19. The van der Waals surface area contributed by atoms with Gasteiger partial charge in [-0.1, -0.05) is 22.6 Å². The minimum Gasteiger partial charge on any atom is -0.366 e. The van der Waals surface area contributed by atoms with Gasteiger partial charge < -0.3 is 4.74 Å². The van der Waals surface area contributed by atoms with E-state index in [4.69, 9.17) is 4.74 Å². The summed E-state index contributed by atoms with van der Waals surface area (Å²) in [5.41, 5.74) is 0.114. The van der Waals surface area contributed by atoms with Crippen LogP contribution >= 0.6 is 33.9 Å². The average Bonchev–Trinajstić information content (AvgIpc) is 2.73. The quantitative estimate of drug-likeness (QED) is 0.588. The molecule has 14 heavy (non-hydrogen) atoms. The van der Waals surface area contributed by atoms with Gasteiger partial charge in [-0.3, -0.25) is 0 Å². The van der Waals surface area contributed by atoms with Gasteiger partial charge in [-0.25, -0.2) is 0 Å². The summed E-state index contributed by atoms with van der Waals surface area (Å²) in [6, 6.07) is 4.40. The average molecular weight is 322 g/mol. The van der Waals surface area contributed by atoms with E-state index in [-0.39, 0.29) is 5.60 Å². The van der Waals surface area contributed by atoms with Gasteiger partial charge in [-0.15, -0.1) is 11.3 Å². The molecule has 2 heterocycles. The Balaban J connectivity index is 2.09. The van der Waals surface area contributed by atoms with Crippen molar-refractivity contribution in [3.05, 3.63) is 21.9 Å². The highest BCUT2D eigenvalue weighted by Crippen LogP contribution is 2.42. The molecule has 3 heteroatoms. The van der Waals surface area contributed by atoms with Crippen molar-refractivity contribution < 1.29 is 4.74 Å². The lowest BCUT2D eigenvalue weighted by Gasteiger charge is -2.21. The molecule has 1 aromatic heterocycles. The van der Waals surface area contributed by atoms with Crippen molar-refractivity contribution in [3.63, 3.8) is 0 Å². The molecule has 1 aromatic rings. The fourth-order valence-corrected chi connectivity index (χ4v) is 3.33. The minimum atomic E-state index is 0.114. The highest BCUT2D eigenvalue weighted by atomic mass is 127. The number of hydrogen-bond donors (Lipinski definition) is 0. The summed E-state index contributed by atoms with van der Waals surface area (Å²) in [7, 11) is 0. The van der Waals surface area contributed by atoms with Crippen molar-refractivity contribution in [2.45, 2.75) is 38.4 Å². The third-order valence-corrected chi connectivity index (χ3v) is 5.43. The van der Waals surface area contributed by atoms with E-state index in [0.29, 0.717) is 6.10 Å². The van der Waals surface area contributed by atoms with Gasteiger partial charge in [0.2, 0.25) is 0 Å². The van der Waals surface area contributed by atoms with Gasteiger partial charge in [0.15, 0.2) is 0 Å². The summed E-state index contributed by atoms with van der Waals surface area (Å²) in [6.45, 7) is 4.38. The van der Waals surface area contributed by atoms with Gasteiger partial charge in [0.25, 0.3) is 0 Å². The largest absolute Gasteiger partial charge is 0.366 e. The van der Waals surface area contributed by atoms with Crippen LogP contribution in [-0.4, -0.2) is 10.0 Å². The maximum Gasteiger partial charge on any atom is 0.0925 e. The zero-order valence-corrected chi connectivity index (χ0v) is 11.5. The second-order valence-electron chi connectivity index (χ2n) is 4.18. The number of alkyl halides is 1. The predicted octanol–water partition coefficient (Wildman–Crippen LogP) is 4.10. The van der Waals surface area contributed by atoms with E-state index in [2.05, 4.69) is 48.6 Å². The first-order valence-corrected chi connectivity index (χ1v) is 7.27. The van der Waals surface area contributed by atoms with Crippen LogP contribution in [-0.2, 0) is 4.74 Å². The topological polar surface area (TPSA) is 9.23 Å². The second-order valence-corrected chi connectivity index (χ2v) is 6.26. The Hall–Kier alpha value is 0.390. The smallest absolute Gasteiger partial charge is 0.0925 e. The van der Waals surface area contributed by atoms with Gasteiger partial charge in [0.05, 0.1) is 11.7 Å². The molecule has 0 aliphatic carbocycles. The van der Waals surface area contributed by atoms with Crippen LogP contribution in [0, 0.1) is 6.92 Å². The lowest BCUT2D eigenvalue weighted by atomic mass is 10.1. The fourth-order valence-electron chi connectivity index (χ4n) is 1.82. The Morgan fingerprint density at radius 3 is 2.93 bits per heavy atom. The van der Waals surface area contributed by atoms with E-state index in [9.17, 15) is 0 Å². The molecular weight excluding hydrogens is 307 g/mol. The predicted molar refractivity (Wildman–Crippen MR) is 69.4 cm³/mol. The van der Waals surface area contributed by atoms with Crippen molar-refractivity contribution in [2.24, 2.45) is 0 Å². The summed E-state index contributed by atoms with van der Waals surface area (Å²) in [6.07, 6.45) is 2.73. The maximum atomic E-state index is 6.10. The van der Waals surface area contributed by atoms with E-state index in [0.717, 1.165) is 4.43 Å². The summed E-state index contributed by atoms with van der Waals surface area (Å²) in [5, 5.41) is 0. The molecule has 2 unspecified atom stereocenters. The van der Waals surface area contributed by atoms with E-state index in [1.807, 2.05) is 11.3 Å². The van der Waals surface area contributed by atoms with Crippen molar-refractivity contribution in [3.8, 4) is 0 Å². The monoisotopic (exact) mass is 322 g/mol. The van der Waals surface area contributed by atoms with Crippen molar-refractivity contribution in [1.82, 2.24) is 0 Å². The lowest BCUT2D eigenvalue weighted by Crippen LogP contribution is -2.24. The molecule has 2 atom stereocenters. The van der Waals surface area contributed by atoms with Crippen LogP contribution in [0.25, 0.3) is 0 Å². The summed E-state index contributed by atoms with van der Waals surface area (Å²) in [4.78, 5) is 2.78. The highest BCUT2D eigenvalue weighted by molar-refractivity contribution is 14.1. The Bertz CT molecular complexity index is 323. The van der Waals surface area contributed by atoms with Crippen LogP contribution in [0.2, 0.25) is 0 Å². The number of thiophene rings is 1. The van der Waals surface area contributed by atoms with Gasteiger partial charge >= 0.3 is 0 Å². The van der Waals surface area contributed by atoms with E-state index >= 15 is 0 Å². The molecule has 1 aliphatic heterocycles. The second kappa shape index (κ2) is 4.10. The number of ether oxygens (including phenoxy) is 1. The lowest BCUT2D eigenvalue weighted by molar-refractivity contribution is -0.00936. The van der Waals surface area contributed by atoms with Crippen LogP contribution < -0.4 is 0 Å². The molecule has 0 bridgehead atoms. The van der Waals surface area contributed by atoms with Crippen LogP contribution in [0.4, 0.5) is 0 Å². The van der Waals surface area contributed by atoms with Gasteiger partial charge in [0.1, 0.15) is 0 Å². The molecule has 0 spiro atoms. The Labute approximate surface area is 103 Å². The van der Waals surface area contributed by atoms with E-state index in [1.165, 1.54) is 22.6 Å². The summed E-state index contributed by atoms with van der Waals surface area (Å²) < 4.78 is 7.19. The third-order valence-electron chi connectivity index (χ3n) is 2.72. The molecule has 0 amide bonds. The molecule has 2 rings (SSSR count). The number of rotatable bonds is 2. The Morgan fingerprint density at radius 2 is 2.43 bits per heavy atom. The first-order chi connectivity index (χ1) is 6.63. The van der Waals surface area contributed by atoms with Gasteiger partial charge in [0, 0.05) is 14.2 Å². The first kappa shape index (κ1) is 10.9. The third kappa shape index (κ3) is 2.14. The minimum absolute atomic E-state index is 0.114. The van der Waals surface area contributed by atoms with Crippen LogP contribution in [0.1, 0.15) is 35.6 Å². The van der Waals surface area contributed by atoms with Gasteiger partial charge in [-0.05, 0) is 38.8 Å². The van der Waals surface area contributed by atoms with E-state index < -0.39 is 0 Å². The van der Waals surface area contributed by atoms with Crippen LogP contribution in [0.15, 0.2) is 12.1 Å². The molecule has 1 nitrogen and oxygen atoms in total. The molecular formula is C11H15IOS. The van der Waals surface area contributed by atoms with Crippen molar-refractivity contribution in [2.75, 3.05) is 4.43 Å². The highest BCUT2D eigenvalue weighted by Gasteiger charge is 2.36. The van der Waals surface area contributed by atoms with Crippen LogP contribution in [0.3, 0.4) is 0 Å². The molecule has 1 fully saturated rings. The summed E-state index contributed by atoms with van der Waals surface area (Å²) in [5.74, 6) is 0. The molecule has 1 saturated heterocycles. The molecule has 0 radical (unpaired) electrons. The first-order valence-electron chi connectivity index (χ1n) is 4.93. The van der Waals surface area contributed by atoms with Gasteiger partial charge in [-0.2, -0.15) is 0 Å². The number of aryl methyl sites for hydroxylation is 1. The molecule has 78 valence electrons. The zero-order chi connectivity index (χ0) is 10.2. The zero-order valence-electron chi connectivity index (χ0n) is 8.55. The van der Waals surface area contributed by atoms with E-state index in [1.54, 1.807) is 0 Å². The fraction of sp³-hybridized carbons (Fsp3) is 0.636. The molecule has 0 N–H and O–H groups in total. The molecule has 0 saturated carbocycles. The summed E-state index contributed by atoms with van der Waals surface area (Å²) >= 11 is 4.29. The normalized spacial score (nSPS) is 32.4. The molecule has 0 aromatic carbocycles. The van der Waals surface area contributed by atoms with Crippen molar-refractivity contribution in [1.29, 1.82) is 0 Å². The molecule has 1 aliphatic rings. The number of hydrogen-bond acceptors (Lipinski definition) is 2. The maximum absolute atomic E-state index is 6.10. The number of halogens is 1.